The van der Waals surface area contributed by atoms with E-state index in [0.29, 0.717) is 28.0 Å². The Labute approximate surface area is 192 Å². The topological polar surface area (TPSA) is 139 Å². The van der Waals surface area contributed by atoms with Crippen LogP contribution in [0, 0.1) is 5.95 Å². The van der Waals surface area contributed by atoms with Gasteiger partial charge in [-0.15, -0.1) is 0 Å². The highest BCUT2D eigenvalue weighted by atomic mass is 19.1. The summed E-state index contributed by atoms with van der Waals surface area (Å²) < 4.78 is 28.0. The van der Waals surface area contributed by atoms with Crippen molar-refractivity contribution in [3.63, 3.8) is 0 Å². The Bertz CT molecular complexity index is 1450. The van der Waals surface area contributed by atoms with Crippen LogP contribution >= 0.6 is 0 Å². The zero-order valence-electron chi connectivity index (χ0n) is 18.7. The lowest BCUT2D eigenvalue weighted by Gasteiger charge is -2.19. The lowest BCUT2D eigenvalue weighted by Crippen LogP contribution is -2.38. The molecule has 1 fully saturated rings. The van der Waals surface area contributed by atoms with E-state index in [-0.39, 0.29) is 17.6 Å². The van der Waals surface area contributed by atoms with Crippen LogP contribution in [0.5, 0.6) is 5.88 Å². The maximum Gasteiger partial charge on any atom is 0.423 e. The highest BCUT2D eigenvalue weighted by Crippen LogP contribution is 2.43. The number of nitrogens with zero attached hydrogens (tertiary/aromatic N) is 5. The standard InChI is InChI=1S/C22H22FN7O4/c1-22(2,3)34-21(32)28-20(31)33-19-16-12(8-29(11-4-5-11)18(16)25-10-26-19)14-7-6-13(24)17-27-15(23)9-30(14)17/h6-11H,4-5,24H2,1-3H3,(H,28,31,32). The third-order valence-electron chi connectivity index (χ3n) is 5.20. The molecule has 3 N–H and O–H groups in total. The maximum absolute atomic E-state index is 14.0. The van der Waals surface area contributed by atoms with E-state index in [1.165, 1.54) is 16.9 Å². The van der Waals surface area contributed by atoms with Gasteiger partial charge < -0.3 is 19.8 Å². The Morgan fingerprint density at radius 2 is 1.91 bits per heavy atom. The van der Waals surface area contributed by atoms with Crippen molar-refractivity contribution in [1.29, 1.82) is 0 Å². The molecule has 4 heterocycles. The van der Waals surface area contributed by atoms with E-state index in [1.54, 1.807) is 32.9 Å². The van der Waals surface area contributed by atoms with Crippen LogP contribution in [0.1, 0.15) is 39.7 Å². The number of imide groups is 1. The number of carbonyl (C=O) groups excluding carboxylic acids is 2. The van der Waals surface area contributed by atoms with Gasteiger partial charge >= 0.3 is 12.2 Å². The van der Waals surface area contributed by atoms with Gasteiger partial charge in [0.25, 0.3) is 0 Å². The summed E-state index contributed by atoms with van der Waals surface area (Å²) in [5, 5.41) is 2.45. The van der Waals surface area contributed by atoms with Gasteiger partial charge in [-0.25, -0.2) is 24.9 Å². The Morgan fingerprint density at radius 3 is 2.62 bits per heavy atom. The molecule has 1 saturated carbocycles. The number of amides is 2. The lowest BCUT2D eigenvalue weighted by atomic mass is 10.1. The molecule has 0 radical (unpaired) electrons. The Kier molecular flexibility index (Phi) is 4.88. The van der Waals surface area contributed by atoms with Gasteiger partial charge in [0.15, 0.2) is 5.65 Å². The number of nitrogens with two attached hydrogens (primary N) is 1. The van der Waals surface area contributed by atoms with Crippen LogP contribution in [0.3, 0.4) is 0 Å². The van der Waals surface area contributed by atoms with Crippen molar-refractivity contribution < 1.29 is 23.5 Å². The van der Waals surface area contributed by atoms with Crippen molar-refractivity contribution in [1.82, 2.24) is 29.2 Å². The quantitative estimate of drug-likeness (QED) is 0.464. The van der Waals surface area contributed by atoms with Crippen molar-refractivity contribution >= 4 is 34.6 Å². The van der Waals surface area contributed by atoms with Crippen LogP contribution in [0.15, 0.2) is 30.9 Å². The summed E-state index contributed by atoms with van der Waals surface area (Å²) >= 11 is 0. The molecule has 12 heteroatoms. The molecule has 0 atom stereocenters. The monoisotopic (exact) mass is 467 g/mol. The summed E-state index contributed by atoms with van der Waals surface area (Å²) in [6.45, 7) is 5.02. The van der Waals surface area contributed by atoms with E-state index < -0.39 is 23.7 Å². The molecule has 0 unspecified atom stereocenters. The van der Waals surface area contributed by atoms with E-state index in [1.807, 2.05) is 16.1 Å². The van der Waals surface area contributed by atoms with Crippen LogP contribution in [0.2, 0.25) is 0 Å². The summed E-state index contributed by atoms with van der Waals surface area (Å²) in [5.41, 5.74) is 7.43. The van der Waals surface area contributed by atoms with Gasteiger partial charge in [0, 0.05) is 17.8 Å². The van der Waals surface area contributed by atoms with Gasteiger partial charge in [0.1, 0.15) is 17.6 Å². The van der Waals surface area contributed by atoms with E-state index >= 15 is 0 Å². The predicted molar refractivity (Wildman–Crippen MR) is 120 cm³/mol. The van der Waals surface area contributed by atoms with E-state index in [9.17, 15) is 14.0 Å². The minimum absolute atomic E-state index is 0.0639. The zero-order chi connectivity index (χ0) is 24.2. The smallest absolute Gasteiger partial charge is 0.423 e. The maximum atomic E-state index is 14.0. The molecule has 176 valence electrons. The number of hydrogen-bond donors (Lipinski definition) is 2. The van der Waals surface area contributed by atoms with Crippen LogP contribution in [0.25, 0.3) is 27.9 Å². The molecule has 0 bridgehead atoms. The fraction of sp³-hybridized carbons (Fsp3) is 0.318. The number of fused-ring (bicyclic) bond motifs is 2. The minimum atomic E-state index is -1.06. The fourth-order valence-electron chi connectivity index (χ4n) is 3.74. The second-order valence-corrected chi connectivity index (χ2v) is 9.01. The lowest BCUT2D eigenvalue weighted by molar-refractivity contribution is 0.0533. The van der Waals surface area contributed by atoms with E-state index in [0.717, 1.165) is 12.8 Å². The zero-order valence-corrected chi connectivity index (χ0v) is 18.7. The third-order valence-corrected chi connectivity index (χ3v) is 5.20. The summed E-state index contributed by atoms with van der Waals surface area (Å²) in [6, 6.07) is 3.57. The average molecular weight is 467 g/mol. The number of aromatic nitrogens is 5. The summed E-state index contributed by atoms with van der Waals surface area (Å²) in [4.78, 5) is 36.8. The van der Waals surface area contributed by atoms with Crippen LogP contribution < -0.4 is 15.8 Å². The minimum Gasteiger partial charge on any atom is -0.443 e. The van der Waals surface area contributed by atoms with Crippen LogP contribution in [-0.4, -0.2) is 41.7 Å². The number of nitrogen functional groups attached to an aromatic ring is 1. The first-order chi connectivity index (χ1) is 16.1. The van der Waals surface area contributed by atoms with Gasteiger partial charge in [0.05, 0.1) is 23.0 Å². The Morgan fingerprint density at radius 1 is 1.15 bits per heavy atom. The molecule has 2 amide bonds. The number of hydrogen-bond acceptors (Lipinski definition) is 8. The SMILES string of the molecule is CC(C)(C)OC(=O)NC(=O)Oc1ncnc2c1c(-c1ccc(N)c3nc(F)cn13)cn2C1CC1. The number of nitrogens with one attached hydrogen (secondary N) is 1. The molecule has 0 aromatic carbocycles. The molecule has 4 aromatic rings. The first-order valence-electron chi connectivity index (χ1n) is 10.6. The number of alkyl carbamates (subject to hydrolysis) is 1. The molecular formula is C22H22FN7O4. The first-order valence-corrected chi connectivity index (χ1v) is 10.6. The normalized spacial score (nSPS) is 13.9. The van der Waals surface area contributed by atoms with Gasteiger partial charge in [-0.05, 0) is 45.7 Å². The second-order valence-electron chi connectivity index (χ2n) is 9.01. The average Bonchev–Trinajstić information content (AvgIpc) is 3.38. The van der Waals surface area contributed by atoms with Gasteiger partial charge in [-0.2, -0.15) is 9.37 Å². The fourth-order valence-corrected chi connectivity index (χ4v) is 3.74. The Balaban J connectivity index is 1.60. The highest BCUT2D eigenvalue weighted by Gasteiger charge is 2.30. The summed E-state index contributed by atoms with van der Waals surface area (Å²) in [5.74, 6) is -0.749. The summed E-state index contributed by atoms with van der Waals surface area (Å²) in [6.07, 6.45) is 4.29. The number of halogens is 1. The molecule has 0 aliphatic heterocycles. The molecule has 1 aliphatic carbocycles. The van der Waals surface area contributed by atoms with Crippen molar-refractivity contribution in [2.24, 2.45) is 0 Å². The largest absolute Gasteiger partial charge is 0.443 e. The van der Waals surface area contributed by atoms with Gasteiger partial charge in [-0.3, -0.25) is 4.40 Å². The molecule has 4 aromatic heterocycles. The molecule has 0 saturated heterocycles. The third kappa shape index (κ3) is 3.98. The number of imidazole rings is 1. The molecule has 34 heavy (non-hydrogen) atoms. The van der Waals surface area contributed by atoms with Crippen molar-refractivity contribution in [3.8, 4) is 17.1 Å². The molecule has 0 spiro atoms. The van der Waals surface area contributed by atoms with Crippen molar-refractivity contribution in [3.05, 3.63) is 36.8 Å². The van der Waals surface area contributed by atoms with Crippen LogP contribution in [0.4, 0.5) is 19.7 Å². The Hall–Kier alpha value is -4.22. The summed E-state index contributed by atoms with van der Waals surface area (Å²) in [7, 11) is 0. The molecule has 1 aliphatic rings. The first kappa shape index (κ1) is 21.6. The van der Waals surface area contributed by atoms with Crippen LogP contribution in [-0.2, 0) is 4.74 Å². The molecule has 11 nitrogen and oxygen atoms in total. The number of ether oxygens (including phenoxy) is 2. The van der Waals surface area contributed by atoms with E-state index in [2.05, 4.69) is 15.0 Å². The van der Waals surface area contributed by atoms with Gasteiger partial charge in [-0.1, -0.05) is 0 Å². The predicted octanol–water partition coefficient (Wildman–Crippen LogP) is 3.83. The number of rotatable bonds is 3. The molecule has 5 rings (SSSR count). The van der Waals surface area contributed by atoms with Crippen molar-refractivity contribution in [2.45, 2.75) is 45.3 Å². The van der Waals surface area contributed by atoms with E-state index in [4.69, 9.17) is 15.2 Å². The van der Waals surface area contributed by atoms with Gasteiger partial charge in [0.2, 0.25) is 11.8 Å². The molecular weight excluding hydrogens is 445 g/mol. The number of pyridine rings is 1. The number of anilines is 1. The second kappa shape index (κ2) is 7.68. The van der Waals surface area contributed by atoms with Crippen molar-refractivity contribution in [2.75, 3.05) is 5.73 Å². The number of carbonyl (C=O) groups is 2. The highest BCUT2D eigenvalue weighted by molar-refractivity contribution is 5.99.